The van der Waals surface area contributed by atoms with Gasteiger partial charge in [-0.15, -0.1) is 10.2 Å². The smallest absolute Gasteiger partial charge is 0.229 e. The van der Waals surface area contributed by atoms with E-state index in [1.165, 1.54) is 25.7 Å². The molecule has 2 aliphatic rings. The summed E-state index contributed by atoms with van der Waals surface area (Å²) in [5, 5.41) is 8.75. The molecule has 1 fully saturated rings. The topological polar surface area (TPSA) is 59.7 Å². The fraction of sp³-hybridized carbons (Fsp3) is 0.571. The van der Waals surface area contributed by atoms with Gasteiger partial charge in [0.2, 0.25) is 5.28 Å². The van der Waals surface area contributed by atoms with Crippen LogP contribution in [0.4, 0.5) is 5.82 Å². The highest BCUT2D eigenvalue weighted by Gasteiger charge is 2.39. The van der Waals surface area contributed by atoms with Crippen LogP contribution < -0.4 is 4.90 Å². The molecule has 1 unspecified atom stereocenters. The average molecular weight is 305 g/mol. The summed E-state index contributed by atoms with van der Waals surface area (Å²) in [7, 11) is 0. The van der Waals surface area contributed by atoms with E-state index in [2.05, 4.69) is 32.0 Å². The van der Waals surface area contributed by atoms with Crippen molar-refractivity contribution in [3.63, 3.8) is 0 Å². The van der Waals surface area contributed by atoms with E-state index in [-0.39, 0.29) is 6.04 Å². The van der Waals surface area contributed by atoms with Crippen LogP contribution in [0.15, 0.2) is 12.5 Å². The summed E-state index contributed by atoms with van der Waals surface area (Å²) in [5.74, 6) is 1.86. The Morgan fingerprint density at radius 1 is 1.29 bits per heavy atom. The highest BCUT2D eigenvalue weighted by atomic mass is 35.5. The summed E-state index contributed by atoms with van der Waals surface area (Å²) < 4.78 is 1.89. The fourth-order valence-corrected chi connectivity index (χ4v) is 3.86. The molecular formula is C14H17ClN6. The predicted octanol–water partition coefficient (Wildman–Crippen LogP) is 2.92. The van der Waals surface area contributed by atoms with Crippen LogP contribution in [0.3, 0.4) is 0 Å². The average Bonchev–Trinajstić information content (AvgIpc) is 3.16. The number of hydrogen-bond acceptors (Lipinski definition) is 5. The molecule has 1 aliphatic carbocycles. The molecule has 0 bridgehead atoms. The van der Waals surface area contributed by atoms with Gasteiger partial charge in [0.05, 0.1) is 12.2 Å². The summed E-state index contributed by atoms with van der Waals surface area (Å²) >= 11 is 6.23. The van der Waals surface area contributed by atoms with E-state index in [0.29, 0.717) is 11.3 Å². The minimum absolute atomic E-state index is 0.176. The lowest BCUT2D eigenvalue weighted by Crippen LogP contribution is -2.42. The lowest BCUT2D eigenvalue weighted by Gasteiger charge is -2.40. The van der Waals surface area contributed by atoms with Gasteiger partial charge in [-0.2, -0.15) is 0 Å². The molecular weight excluding hydrogens is 288 g/mol. The van der Waals surface area contributed by atoms with E-state index in [9.17, 15) is 0 Å². The maximum Gasteiger partial charge on any atom is 0.229 e. The maximum absolute atomic E-state index is 6.23. The van der Waals surface area contributed by atoms with Crippen LogP contribution in [0, 0.1) is 0 Å². The first-order valence-electron chi connectivity index (χ1n) is 7.50. The second kappa shape index (κ2) is 4.94. The van der Waals surface area contributed by atoms with Gasteiger partial charge in [0.25, 0.3) is 0 Å². The van der Waals surface area contributed by atoms with Crippen LogP contribution in [0.5, 0.6) is 0 Å². The predicted molar refractivity (Wildman–Crippen MR) is 79.7 cm³/mol. The molecule has 4 rings (SSSR count). The Balaban J connectivity index is 1.92. The fourth-order valence-electron chi connectivity index (χ4n) is 3.65. The van der Waals surface area contributed by atoms with Crippen molar-refractivity contribution in [1.82, 2.24) is 24.7 Å². The third-order valence-electron chi connectivity index (χ3n) is 4.55. The van der Waals surface area contributed by atoms with E-state index in [0.717, 1.165) is 23.8 Å². The molecule has 3 heterocycles. The van der Waals surface area contributed by atoms with Crippen molar-refractivity contribution in [3.05, 3.63) is 23.6 Å². The zero-order valence-electron chi connectivity index (χ0n) is 11.9. The Bertz CT molecular complexity index is 663. The number of anilines is 1. The quantitative estimate of drug-likeness (QED) is 0.853. The largest absolute Gasteiger partial charge is 0.342 e. The van der Waals surface area contributed by atoms with Gasteiger partial charge in [0, 0.05) is 6.04 Å². The Morgan fingerprint density at radius 3 is 2.86 bits per heavy atom. The minimum Gasteiger partial charge on any atom is -0.342 e. The first-order valence-corrected chi connectivity index (χ1v) is 7.88. The summed E-state index contributed by atoms with van der Waals surface area (Å²) in [5.41, 5.74) is 0.888. The molecule has 2 aromatic rings. The van der Waals surface area contributed by atoms with Crippen molar-refractivity contribution in [3.8, 4) is 5.69 Å². The Morgan fingerprint density at radius 2 is 2.10 bits per heavy atom. The monoisotopic (exact) mass is 304 g/mol. The lowest BCUT2D eigenvalue weighted by molar-refractivity contribution is 0.468. The molecule has 0 N–H and O–H groups in total. The number of aromatic nitrogens is 5. The lowest BCUT2D eigenvalue weighted by atomic mass is 10.0. The molecule has 0 aromatic carbocycles. The summed E-state index contributed by atoms with van der Waals surface area (Å²) in [6.45, 7) is 2.17. The molecule has 21 heavy (non-hydrogen) atoms. The van der Waals surface area contributed by atoms with Gasteiger partial charge < -0.3 is 4.90 Å². The zero-order chi connectivity index (χ0) is 14.4. The van der Waals surface area contributed by atoms with E-state index >= 15 is 0 Å². The van der Waals surface area contributed by atoms with Crippen molar-refractivity contribution in [1.29, 1.82) is 0 Å². The highest BCUT2D eigenvalue weighted by Crippen LogP contribution is 2.43. The number of halogens is 1. The van der Waals surface area contributed by atoms with E-state index in [1.807, 2.05) is 4.57 Å². The standard InChI is InChI=1S/C14H17ClN6/c1-2-10-13-18-19-14(15)21(13)11-7-16-8-17-12(11)20(10)9-5-3-4-6-9/h7-10H,2-6H2,1H3. The molecule has 6 nitrogen and oxygen atoms in total. The third kappa shape index (κ3) is 1.85. The number of rotatable bonds is 2. The molecule has 0 saturated heterocycles. The van der Waals surface area contributed by atoms with Gasteiger partial charge in [0.1, 0.15) is 12.0 Å². The summed E-state index contributed by atoms with van der Waals surface area (Å²) in [6, 6.07) is 0.698. The molecule has 0 amide bonds. The van der Waals surface area contributed by atoms with Crippen molar-refractivity contribution >= 4 is 17.4 Å². The third-order valence-corrected chi connectivity index (χ3v) is 4.79. The highest BCUT2D eigenvalue weighted by molar-refractivity contribution is 6.28. The maximum atomic E-state index is 6.23. The SMILES string of the molecule is CCC1c2nnc(Cl)n2-c2cncnc2N1C1CCCC1. The second-order valence-corrected chi connectivity index (χ2v) is 6.00. The molecule has 0 spiro atoms. The number of nitrogens with zero attached hydrogens (tertiary/aromatic N) is 6. The first kappa shape index (κ1) is 13.0. The van der Waals surface area contributed by atoms with Gasteiger partial charge >= 0.3 is 0 Å². The Labute approximate surface area is 128 Å². The van der Waals surface area contributed by atoms with Crippen LogP contribution in [-0.4, -0.2) is 30.8 Å². The number of hydrogen-bond donors (Lipinski definition) is 0. The molecule has 0 radical (unpaired) electrons. The van der Waals surface area contributed by atoms with Gasteiger partial charge in [-0.3, -0.25) is 4.57 Å². The van der Waals surface area contributed by atoms with Gasteiger partial charge in [-0.1, -0.05) is 19.8 Å². The molecule has 110 valence electrons. The minimum atomic E-state index is 0.176. The molecule has 1 atom stereocenters. The van der Waals surface area contributed by atoms with E-state index < -0.39 is 0 Å². The Kier molecular flexibility index (Phi) is 3.06. The van der Waals surface area contributed by atoms with E-state index in [4.69, 9.17) is 11.6 Å². The van der Waals surface area contributed by atoms with Gasteiger partial charge in [0.15, 0.2) is 11.6 Å². The second-order valence-electron chi connectivity index (χ2n) is 5.66. The number of fused-ring (bicyclic) bond motifs is 3. The van der Waals surface area contributed by atoms with Gasteiger partial charge in [-0.25, -0.2) is 9.97 Å². The van der Waals surface area contributed by atoms with Crippen LogP contribution >= 0.6 is 11.6 Å². The molecule has 1 saturated carbocycles. The van der Waals surface area contributed by atoms with Crippen LogP contribution in [0.1, 0.15) is 50.9 Å². The van der Waals surface area contributed by atoms with Crippen LogP contribution in [0.25, 0.3) is 5.69 Å². The zero-order valence-corrected chi connectivity index (χ0v) is 12.7. The molecule has 7 heteroatoms. The van der Waals surface area contributed by atoms with Crippen molar-refractivity contribution in [2.24, 2.45) is 0 Å². The summed E-state index contributed by atoms with van der Waals surface area (Å²) in [6.07, 6.45) is 9.35. The van der Waals surface area contributed by atoms with Crippen molar-refractivity contribution in [2.75, 3.05) is 4.90 Å². The molecule has 2 aromatic heterocycles. The summed E-state index contributed by atoms with van der Waals surface area (Å²) in [4.78, 5) is 11.1. The van der Waals surface area contributed by atoms with Crippen LogP contribution in [-0.2, 0) is 0 Å². The molecule has 1 aliphatic heterocycles. The van der Waals surface area contributed by atoms with Gasteiger partial charge in [-0.05, 0) is 30.9 Å². The first-order chi connectivity index (χ1) is 10.3. The van der Waals surface area contributed by atoms with Crippen LogP contribution in [0.2, 0.25) is 5.28 Å². The normalized spacial score (nSPS) is 21.4. The van der Waals surface area contributed by atoms with E-state index in [1.54, 1.807) is 12.5 Å². The Hall–Kier alpha value is -1.69. The van der Waals surface area contributed by atoms with Crippen molar-refractivity contribution in [2.45, 2.75) is 51.1 Å². The van der Waals surface area contributed by atoms with Crippen molar-refractivity contribution < 1.29 is 0 Å².